The highest BCUT2D eigenvalue weighted by atomic mass is 16.5. The average molecular weight is 387 g/mol. The van der Waals surface area contributed by atoms with Gasteiger partial charge < -0.3 is 14.6 Å². The molecule has 150 valence electrons. The standard InChI is InChI=1S/C20H25N3O5/c1-15(20(26)27)23(19(25)4-2-3-10-24)22-9-11-28-18(14-22)12-16-5-7-17(13-21)8-6-16/h5-8,10,15,18H,2-4,9,11-12,14H2,1H3,(H,26,27)/t15-,18?/m0/s1. The van der Waals surface area contributed by atoms with E-state index in [1.54, 1.807) is 17.1 Å². The summed E-state index contributed by atoms with van der Waals surface area (Å²) in [6.07, 6.45) is 1.93. The van der Waals surface area contributed by atoms with Crippen LogP contribution in [0.3, 0.4) is 0 Å². The molecule has 1 aromatic rings. The lowest BCUT2D eigenvalue weighted by Crippen LogP contribution is -2.59. The van der Waals surface area contributed by atoms with E-state index >= 15 is 0 Å². The number of carboxylic acids is 1. The molecule has 1 aromatic carbocycles. The second kappa shape index (κ2) is 10.5. The first kappa shape index (κ1) is 21.5. The molecule has 8 nitrogen and oxygen atoms in total. The van der Waals surface area contributed by atoms with Gasteiger partial charge in [0.05, 0.1) is 24.3 Å². The Hall–Kier alpha value is -2.76. The number of unbranched alkanes of at least 4 members (excludes halogenated alkanes) is 1. The number of hydrogen-bond acceptors (Lipinski definition) is 6. The summed E-state index contributed by atoms with van der Waals surface area (Å²) in [6, 6.07) is 8.28. The Bertz CT molecular complexity index is 728. The van der Waals surface area contributed by atoms with E-state index in [4.69, 9.17) is 10.00 Å². The van der Waals surface area contributed by atoms with Gasteiger partial charge in [0.15, 0.2) is 0 Å². The van der Waals surface area contributed by atoms with E-state index in [-0.39, 0.29) is 24.9 Å². The largest absolute Gasteiger partial charge is 0.480 e. The molecule has 1 N–H and O–H groups in total. The summed E-state index contributed by atoms with van der Waals surface area (Å²) < 4.78 is 5.80. The number of hydrazine groups is 1. The van der Waals surface area contributed by atoms with Crippen molar-refractivity contribution in [2.24, 2.45) is 0 Å². The Labute approximate surface area is 164 Å². The summed E-state index contributed by atoms with van der Waals surface area (Å²) in [4.78, 5) is 34.6. The minimum Gasteiger partial charge on any atom is -0.480 e. The summed E-state index contributed by atoms with van der Waals surface area (Å²) in [5.74, 6) is -1.39. The van der Waals surface area contributed by atoms with Crippen molar-refractivity contribution >= 4 is 18.2 Å². The van der Waals surface area contributed by atoms with Gasteiger partial charge in [-0.15, -0.1) is 0 Å². The molecule has 1 aliphatic heterocycles. The molecule has 1 aliphatic rings. The third-order valence-electron chi connectivity index (χ3n) is 4.66. The van der Waals surface area contributed by atoms with E-state index < -0.39 is 12.0 Å². The number of benzene rings is 1. The van der Waals surface area contributed by atoms with Gasteiger partial charge in [-0.3, -0.25) is 9.80 Å². The number of rotatable bonds is 9. The smallest absolute Gasteiger partial charge is 0.327 e. The molecule has 0 aliphatic carbocycles. The minimum atomic E-state index is -1.08. The fourth-order valence-electron chi connectivity index (χ4n) is 3.18. The van der Waals surface area contributed by atoms with E-state index in [0.717, 1.165) is 11.8 Å². The molecule has 1 fully saturated rings. The molecule has 1 heterocycles. The summed E-state index contributed by atoms with van der Waals surface area (Å²) >= 11 is 0. The number of aliphatic carboxylic acids is 1. The second-order valence-corrected chi connectivity index (χ2v) is 6.73. The molecule has 28 heavy (non-hydrogen) atoms. The maximum Gasteiger partial charge on any atom is 0.327 e. The Morgan fingerprint density at radius 1 is 1.43 bits per heavy atom. The number of hydrogen-bond donors (Lipinski definition) is 1. The van der Waals surface area contributed by atoms with Gasteiger partial charge in [-0.05, 0) is 37.5 Å². The zero-order valence-corrected chi connectivity index (χ0v) is 15.9. The molecule has 0 aromatic heterocycles. The molecular weight excluding hydrogens is 362 g/mol. The van der Waals surface area contributed by atoms with Crippen LogP contribution in [0.2, 0.25) is 0 Å². The van der Waals surface area contributed by atoms with Crippen molar-refractivity contribution in [2.45, 2.75) is 44.8 Å². The van der Waals surface area contributed by atoms with Gasteiger partial charge in [0.2, 0.25) is 5.91 Å². The summed E-state index contributed by atoms with van der Waals surface area (Å²) in [5, 5.41) is 21.3. The van der Waals surface area contributed by atoms with Crippen molar-refractivity contribution in [2.75, 3.05) is 19.7 Å². The number of ether oxygens (including phenoxy) is 1. The van der Waals surface area contributed by atoms with Gasteiger partial charge in [-0.25, -0.2) is 9.80 Å². The van der Waals surface area contributed by atoms with E-state index in [2.05, 4.69) is 6.07 Å². The Morgan fingerprint density at radius 3 is 2.75 bits per heavy atom. The highest BCUT2D eigenvalue weighted by Gasteiger charge is 2.34. The quantitative estimate of drug-likeness (QED) is 0.503. The van der Waals surface area contributed by atoms with Crippen molar-refractivity contribution in [3.05, 3.63) is 35.4 Å². The van der Waals surface area contributed by atoms with Crippen LogP contribution >= 0.6 is 0 Å². The topological polar surface area (TPSA) is 111 Å². The minimum absolute atomic E-state index is 0.119. The molecule has 2 rings (SSSR count). The highest BCUT2D eigenvalue weighted by Crippen LogP contribution is 2.18. The van der Waals surface area contributed by atoms with E-state index in [0.29, 0.717) is 38.1 Å². The summed E-state index contributed by atoms with van der Waals surface area (Å²) in [7, 11) is 0. The average Bonchev–Trinajstić information content (AvgIpc) is 2.69. The van der Waals surface area contributed by atoms with E-state index in [1.165, 1.54) is 11.9 Å². The van der Waals surface area contributed by atoms with Crippen molar-refractivity contribution in [1.29, 1.82) is 5.26 Å². The van der Waals surface area contributed by atoms with Crippen LogP contribution in [-0.2, 0) is 25.5 Å². The van der Waals surface area contributed by atoms with E-state index in [9.17, 15) is 19.5 Å². The predicted octanol–water partition coefficient (Wildman–Crippen LogP) is 1.39. The van der Waals surface area contributed by atoms with Crippen LogP contribution < -0.4 is 0 Å². The summed E-state index contributed by atoms with van der Waals surface area (Å²) in [6.45, 7) is 2.66. The van der Waals surface area contributed by atoms with Crippen molar-refractivity contribution in [3.63, 3.8) is 0 Å². The zero-order chi connectivity index (χ0) is 20.5. The molecule has 0 bridgehead atoms. The first-order valence-corrected chi connectivity index (χ1v) is 9.30. The lowest BCUT2D eigenvalue weighted by Gasteiger charge is -2.42. The molecule has 1 unspecified atom stereocenters. The van der Waals surface area contributed by atoms with Gasteiger partial charge in [0.1, 0.15) is 12.3 Å². The SMILES string of the molecule is C[C@@H](C(=O)O)N(C(=O)CCCC=O)N1CCOC(Cc2ccc(C#N)cc2)C1. The van der Waals surface area contributed by atoms with Crippen LogP contribution in [0.4, 0.5) is 0 Å². The Kier molecular flexibility index (Phi) is 8.11. The highest BCUT2D eigenvalue weighted by molar-refractivity contribution is 5.83. The summed E-state index contributed by atoms with van der Waals surface area (Å²) in [5.41, 5.74) is 1.58. The third-order valence-corrected chi connectivity index (χ3v) is 4.66. The lowest BCUT2D eigenvalue weighted by atomic mass is 10.1. The van der Waals surface area contributed by atoms with Crippen LogP contribution in [0.25, 0.3) is 0 Å². The second-order valence-electron chi connectivity index (χ2n) is 6.73. The lowest BCUT2D eigenvalue weighted by molar-refractivity contribution is -0.180. The van der Waals surface area contributed by atoms with Crippen LogP contribution in [0.1, 0.15) is 37.3 Å². The third kappa shape index (κ3) is 5.87. The van der Waals surface area contributed by atoms with Crippen LogP contribution in [-0.4, -0.2) is 65.1 Å². The van der Waals surface area contributed by atoms with Crippen molar-refractivity contribution in [1.82, 2.24) is 10.0 Å². The molecule has 2 atom stereocenters. The molecule has 8 heteroatoms. The number of carboxylic acid groups (broad SMARTS) is 1. The van der Waals surface area contributed by atoms with Gasteiger partial charge in [-0.2, -0.15) is 5.26 Å². The number of carbonyl (C=O) groups is 3. The first-order valence-electron chi connectivity index (χ1n) is 9.30. The van der Waals surface area contributed by atoms with Gasteiger partial charge in [-0.1, -0.05) is 12.1 Å². The maximum atomic E-state index is 12.6. The fourth-order valence-corrected chi connectivity index (χ4v) is 3.18. The fraction of sp³-hybridized carbons (Fsp3) is 0.500. The van der Waals surface area contributed by atoms with Gasteiger partial charge >= 0.3 is 5.97 Å². The number of nitrogens with zero attached hydrogens (tertiary/aromatic N) is 3. The molecule has 1 saturated heterocycles. The molecule has 0 spiro atoms. The van der Waals surface area contributed by atoms with Crippen molar-refractivity contribution in [3.8, 4) is 6.07 Å². The Morgan fingerprint density at radius 2 is 2.14 bits per heavy atom. The number of nitriles is 1. The van der Waals surface area contributed by atoms with E-state index in [1.807, 2.05) is 12.1 Å². The van der Waals surface area contributed by atoms with Crippen LogP contribution in [0, 0.1) is 11.3 Å². The van der Waals surface area contributed by atoms with Crippen LogP contribution in [0.15, 0.2) is 24.3 Å². The normalized spacial score (nSPS) is 18.1. The van der Waals surface area contributed by atoms with Gasteiger partial charge in [0, 0.05) is 25.9 Å². The Balaban J connectivity index is 2.07. The zero-order valence-electron chi connectivity index (χ0n) is 15.9. The molecule has 1 amide bonds. The van der Waals surface area contributed by atoms with Crippen molar-refractivity contribution < 1.29 is 24.2 Å². The number of aldehydes is 1. The molecule has 0 saturated carbocycles. The number of morpholine rings is 1. The predicted molar refractivity (Wildman–Crippen MR) is 100 cm³/mol. The number of carbonyl (C=O) groups excluding carboxylic acids is 2. The monoisotopic (exact) mass is 387 g/mol. The molecule has 0 radical (unpaired) electrons. The van der Waals surface area contributed by atoms with Gasteiger partial charge in [0.25, 0.3) is 0 Å². The maximum absolute atomic E-state index is 12.6. The number of amides is 1. The van der Waals surface area contributed by atoms with Crippen LogP contribution in [0.5, 0.6) is 0 Å². The molecular formula is C20H25N3O5. The first-order chi connectivity index (χ1) is 13.5.